The number of hydrogen-bond donors (Lipinski definition) is 4. The van der Waals surface area contributed by atoms with Crippen LogP contribution in [0.5, 0.6) is 0 Å². The van der Waals surface area contributed by atoms with E-state index in [-0.39, 0.29) is 22.9 Å². The molecule has 1 aromatic rings. The van der Waals surface area contributed by atoms with Crippen LogP contribution in [-0.2, 0) is 0 Å². The fraction of sp³-hybridized carbons (Fsp3) is 0.619. The Morgan fingerprint density at radius 2 is 1.26 bits per heavy atom. The summed E-state index contributed by atoms with van der Waals surface area (Å²) in [6.07, 6.45) is 13.1. The van der Waals surface area contributed by atoms with Gasteiger partial charge in [-0.3, -0.25) is 0 Å². The molecule has 0 radical (unpaired) electrons. The maximum absolute atomic E-state index is 10.6. The van der Waals surface area contributed by atoms with E-state index in [0.29, 0.717) is 0 Å². The minimum Gasteiger partial charge on any atom is -0.478 e. The van der Waals surface area contributed by atoms with Crippen molar-refractivity contribution < 1.29 is 19.8 Å². The van der Waals surface area contributed by atoms with E-state index in [9.17, 15) is 9.59 Å². The Kier molecular flexibility index (Phi) is 14.1. The second-order valence-corrected chi connectivity index (χ2v) is 6.87. The molecule has 0 bridgehead atoms. The van der Waals surface area contributed by atoms with Crippen LogP contribution in [0.25, 0.3) is 0 Å². The van der Waals surface area contributed by atoms with Crippen LogP contribution in [0, 0.1) is 6.92 Å². The summed E-state index contributed by atoms with van der Waals surface area (Å²) in [7, 11) is 0. The number of nitrogens with two attached hydrogens (primary N) is 2. The first kappa shape index (κ1) is 25.1. The fourth-order valence-corrected chi connectivity index (χ4v) is 2.79. The number of unbranched alkanes of at least 4 members (excludes halogenated alkanes) is 8. The van der Waals surface area contributed by atoms with Gasteiger partial charge >= 0.3 is 11.9 Å². The Bertz CT molecular complexity index is 527. The Hall–Kier alpha value is -1.92. The van der Waals surface area contributed by atoms with Gasteiger partial charge in [0.25, 0.3) is 0 Å². The van der Waals surface area contributed by atoms with Gasteiger partial charge in [0.05, 0.1) is 17.3 Å². The Labute approximate surface area is 163 Å². The molecule has 0 aliphatic rings. The predicted octanol–water partition coefficient (Wildman–Crippen LogP) is 4.54. The van der Waals surface area contributed by atoms with Crippen LogP contribution in [0.2, 0.25) is 0 Å². The molecule has 27 heavy (non-hydrogen) atoms. The fourth-order valence-electron chi connectivity index (χ4n) is 2.79. The molecule has 0 atom stereocenters. The average molecular weight is 381 g/mol. The minimum absolute atomic E-state index is 0.0277. The zero-order valence-corrected chi connectivity index (χ0v) is 16.7. The summed E-state index contributed by atoms with van der Waals surface area (Å²) in [5.74, 6) is -2.22. The van der Waals surface area contributed by atoms with E-state index in [4.69, 9.17) is 21.7 Å². The summed E-state index contributed by atoms with van der Waals surface area (Å²) in [4.78, 5) is 21.2. The quantitative estimate of drug-likeness (QED) is 0.311. The summed E-state index contributed by atoms with van der Waals surface area (Å²) >= 11 is 0. The molecule has 0 aliphatic heterocycles. The summed E-state index contributed by atoms with van der Waals surface area (Å²) in [6.45, 7) is 3.74. The Morgan fingerprint density at radius 1 is 0.852 bits per heavy atom. The van der Waals surface area contributed by atoms with Crippen LogP contribution in [0.15, 0.2) is 18.2 Å². The van der Waals surface area contributed by atoms with Gasteiger partial charge < -0.3 is 21.7 Å². The van der Waals surface area contributed by atoms with Gasteiger partial charge in [0, 0.05) is 0 Å². The van der Waals surface area contributed by atoms with E-state index < -0.39 is 11.9 Å². The molecule has 0 unspecified atom stereocenters. The SMILES string of the molecule is CCCCCCCCCCCC(N)N.Cc1c(C(=O)O)cccc1C(=O)O. The predicted molar refractivity (Wildman–Crippen MR) is 109 cm³/mol. The third kappa shape index (κ3) is 12.2. The molecule has 0 heterocycles. The molecule has 0 amide bonds. The molecule has 1 rings (SSSR count). The van der Waals surface area contributed by atoms with Gasteiger partial charge in [-0.2, -0.15) is 0 Å². The zero-order chi connectivity index (χ0) is 20.7. The number of benzene rings is 1. The number of aromatic carboxylic acids is 2. The summed E-state index contributed by atoms with van der Waals surface area (Å²) < 4.78 is 0. The lowest BCUT2D eigenvalue weighted by Crippen LogP contribution is -2.29. The number of carboxylic acids is 2. The molecule has 6 N–H and O–H groups in total. The molecule has 0 saturated carbocycles. The lowest BCUT2D eigenvalue weighted by Gasteiger charge is -2.04. The largest absolute Gasteiger partial charge is 0.478 e. The highest BCUT2D eigenvalue weighted by molar-refractivity contribution is 5.96. The van der Waals surface area contributed by atoms with Gasteiger partial charge in [-0.15, -0.1) is 0 Å². The molecule has 0 aromatic heterocycles. The van der Waals surface area contributed by atoms with Crippen molar-refractivity contribution in [2.45, 2.75) is 84.2 Å². The van der Waals surface area contributed by atoms with Gasteiger partial charge in [0.2, 0.25) is 0 Å². The zero-order valence-electron chi connectivity index (χ0n) is 16.7. The summed E-state index contributed by atoms with van der Waals surface area (Å²) in [5.41, 5.74) is 11.3. The van der Waals surface area contributed by atoms with Crippen LogP contribution in [0.1, 0.15) is 97.4 Å². The highest BCUT2D eigenvalue weighted by Gasteiger charge is 2.13. The molecule has 6 nitrogen and oxygen atoms in total. The normalized spacial score (nSPS) is 10.4. The first-order valence-electron chi connectivity index (χ1n) is 9.88. The van der Waals surface area contributed by atoms with Crippen molar-refractivity contribution in [2.75, 3.05) is 0 Å². The molecular formula is C21H36N2O4. The van der Waals surface area contributed by atoms with Crippen molar-refractivity contribution in [3.05, 3.63) is 34.9 Å². The second-order valence-electron chi connectivity index (χ2n) is 6.87. The van der Waals surface area contributed by atoms with E-state index in [0.717, 1.165) is 6.42 Å². The number of hydrogen-bond acceptors (Lipinski definition) is 4. The molecular weight excluding hydrogens is 344 g/mol. The van der Waals surface area contributed by atoms with Crippen molar-refractivity contribution in [1.82, 2.24) is 0 Å². The molecule has 0 fully saturated rings. The molecule has 1 aromatic carbocycles. The van der Waals surface area contributed by atoms with Crippen LogP contribution in [0.4, 0.5) is 0 Å². The molecule has 6 heteroatoms. The average Bonchev–Trinajstić information content (AvgIpc) is 2.60. The van der Waals surface area contributed by atoms with Gasteiger partial charge in [-0.25, -0.2) is 9.59 Å². The van der Waals surface area contributed by atoms with Crippen LogP contribution in [-0.4, -0.2) is 28.3 Å². The van der Waals surface area contributed by atoms with Gasteiger partial charge in [-0.05, 0) is 31.0 Å². The number of carbonyl (C=O) groups is 2. The molecule has 0 saturated heterocycles. The lowest BCUT2D eigenvalue weighted by atomic mass is 10.0. The van der Waals surface area contributed by atoms with Crippen molar-refractivity contribution in [2.24, 2.45) is 11.5 Å². The second kappa shape index (κ2) is 15.2. The summed E-state index contributed by atoms with van der Waals surface area (Å²) in [6, 6.07) is 4.17. The van der Waals surface area contributed by atoms with Crippen molar-refractivity contribution >= 4 is 11.9 Å². The van der Waals surface area contributed by atoms with Gasteiger partial charge in [0.1, 0.15) is 0 Å². The standard InChI is InChI=1S/C12H28N2.C9H8O4/c1-2-3-4-5-6-7-8-9-10-11-12(13)14;1-5-6(8(10)11)3-2-4-7(5)9(12)13/h12H,2-11,13-14H2,1H3;2-4H,1H3,(H,10,11)(H,12,13). The van der Waals surface area contributed by atoms with Crippen LogP contribution < -0.4 is 11.5 Å². The Balaban J connectivity index is 0.000000501. The topological polar surface area (TPSA) is 127 Å². The summed E-state index contributed by atoms with van der Waals surface area (Å²) in [5, 5.41) is 17.4. The van der Waals surface area contributed by atoms with Crippen LogP contribution in [0.3, 0.4) is 0 Å². The maximum Gasteiger partial charge on any atom is 0.335 e. The van der Waals surface area contributed by atoms with Crippen molar-refractivity contribution in [3.63, 3.8) is 0 Å². The molecule has 0 spiro atoms. The highest BCUT2D eigenvalue weighted by atomic mass is 16.4. The third-order valence-corrected chi connectivity index (χ3v) is 4.44. The number of carboxylic acid groups (broad SMARTS) is 2. The van der Waals surface area contributed by atoms with Crippen molar-refractivity contribution in [3.8, 4) is 0 Å². The monoisotopic (exact) mass is 380 g/mol. The van der Waals surface area contributed by atoms with Gasteiger partial charge in [-0.1, -0.05) is 70.8 Å². The molecule has 0 aliphatic carbocycles. The van der Waals surface area contributed by atoms with E-state index in [1.165, 1.54) is 82.9 Å². The minimum atomic E-state index is -1.11. The van der Waals surface area contributed by atoms with E-state index in [1.807, 2.05) is 0 Å². The molecule has 154 valence electrons. The smallest absolute Gasteiger partial charge is 0.335 e. The van der Waals surface area contributed by atoms with E-state index >= 15 is 0 Å². The van der Waals surface area contributed by atoms with E-state index in [2.05, 4.69) is 6.92 Å². The number of rotatable bonds is 12. The van der Waals surface area contributed by atoms with Crippen molar-refractivity contribution in [1.29, 1.82) is 0 Å². The van der Waals surface area contributed by atoms with E-state index in [1.54, 1.807) is 0 Å². The highest BCUT2D eigenvalue weighted by Crippen LogP contribution is 2.13. The first-order valence-corrected chi connectivity index (χ1v) is 9.88. The van der Waals surface area contributed by atoms with Gasteiger partial charge in [0.15, 0.2) is 0 Å². The lowest BCUT2D eigenvalue weighted by molar-refractivity contribution is 0.0696. The third-order valence-electron chi connectivity index (χ3n) is 4.44. The maximum atomic E-state index is 10.6. The Morgan fingerprint density at radius 3 is 1.63 bits per heavy atom. The first-order chi connectivity index (χ1) is 12.8. The van der Waals surface area contributed by atoms with Crippen LogP contribution >= 0.6 is 0 Å².